The van der Waals surface area contributed by atoms with Gasteiger partial charge in [-0.3, -0.25) is 14.4 Å². The topological polar surface area (TPSA) is 75.7 Å². The molecule has 4 rings (SSSR count). The number of rotatable bonds is 7. The predicted octanol–water partition coefficient (Wildman–Crippen LogP) is 4.24. The number of anilines is 2. The second kappa shape index (κ2) is 9.22. The number of thioether (sulfide) groups is 1. The van der Waals surface area contributed by atoms with Crippen molar-refractivity contribution in [3.63, 3.8) is 0 Å². The lowest BCUT2D eigenvalue weighted by Gasteiger charge is -2.16. The van der Waals surface area contributed by atoms with Crippen molar-refractivity contribution in [2.75, 3.05) is 22.6 Å². The Morgan fingerprint density at radius 1 is 1.06 bits per heavy atom. The van der Waals surface area contributed by atoms with Crippen LogP contribution in [0.3, 0.4) is 0 Å². The van der Waals surface area contributed by atoms with E-state index in [1.54, 1.807) is 24.3 Å². The van der Waals surface area contributed by atoms with Gasteiger partial charge in [0.25, 0.3) is 0 Å². The van der Waals surface area contributed by atoms with E-state index in [0.29, 0.717) is 23.7 Å². The Balaban J connectivity index is 1.37. The van der Waals surface area contributed by atoms with E-state index in [2.05, 4.69) is 5.32 Å². The quantitative estimate of drug-likeness (QED) is 0.563. The SMILES string of the molecule is CCOc1cccc(N2C(=O)C[C@@H](SCC(=O)Nc3ccc4ccccc4c3)C2=O)c1. The smallest absolute Gasteiger partial charge is 0.247 e. The molecule has 0 unspecified atom stereocenters. The Hall–Kier alpha value is -3.32. The molecular formula is C24H22N2O4S. The molecular weight excluding hydrogens is 412 g/mol. The molecule has 1 saturated heterocycles. The van der Waals surface area contributed by atoms with Crippen LogP contribution >= 0.6 is 11.8 Å². The fraction of sp³-hybridized carbons (Fsp3) is 0.208. The van der Waals surface area contributed by atoms with Crippen molar-refractivity contribution in [3.8, 4) is 5.75 Å². The van der Waals surface area contributed by atoms with Gasteiger partial charge in [-0.15, -0.1) is 11.8 Å². The van der Waals surface area contributed by atoms with Gasteiger partial charge in [-0.2, -0.15) is 0 Å². The van der Waals surface area contributed by atoms with Crippen molar-refractivity contribution < 1.29 is 19.1 Å². The molecule has 31 heavy (non-hydrogen) atoms. The second-order valence-corrected chi connectivity index (χ2v) is 8.30. The lowest BCUT2D eigenvalue weighted by molar-refractivity contribution is -0.121. The number of fused-ring (bicyclic) bond motifs is 1. The third kappa shape index (κ3) is 4.72. The fourth-order valence-electron chi connectivity index (χ4n) is 3.53. The van der Waals surface area contributed by atoms with E-state index in [-0.39, 0.29) is 29.9 Å². The summed E-state index contributed by atoms with van der Waals surface area (Å²) in [5, 5.41) is 4.42. The molecule has 1 atom stereocenters. The molecule has 1 aliphatic heterocycles. The molecule has 0 aliphatic carbocycles. The first-order valence-corrected chi connectivity index (χ1v) is 11.1. The Bertz CT molecular complexity index is 1150. The summed E-state index contributed by atoms with van der Waals surface area (Å²) in [7, 11) is 0. The molecule has 3 amide bonds. The summed E-state index contributed by atoms with van der Waals surface area (Å²) in [6, 6.07) is 20.5. The summed E-state index contributed by atoms with van der Waals surface area (Å²) in [5.41, 5.74) is 1.19. The van der Waals surface area contributed by atoms with Crippen LogP contribution in [0.15, 0.2) is 66.7 Å². The van der Waals surface area contributed by atoms with Gasteiger partial charge >= 0.3 is 0 Å². The molecule has 1 heterocycles. The van der Waals surface area contributed by atoms with Crippen molar-refractivity contribution in [2.24, 2.45) is 0 Å². The summed E-state index contributed by atoms with van der Waals surface area (Å²) >= 11 is 1.18. The zero-order valence-electron chi connectivity index (χ0n) is 17.0. The van der Waals surface area contributed by atoms with E-state index in [0.717, 1.165) is 10.8 Å². The molecule has 3 aromatic rings. The van der Waals surface area contributed by atoms with Gasteiger partial charge in [0.05, 0.1) is 23.3 Å². The first-order chi connectivity index (χ1) is 15.0. The van der Waals surface area contributed by atoms with Crippen LogP contribution in [-0.2, 0) is 14.4 Å². The van der Waals surface area contributed by atoms with Gasteiger partial charge in [-0.05, 0) is 42.0 Å². The maximum absolute atomic E-state index is 12.8. The van der Waals surface area contributed by atoms with Crippen LogP contribution in [0, 0.1) is 0 Å². The van der Waals surface area contributed by atoms with Gasteiger partial charge in [0.2, 0.25) is 17.7 Å². The normalized spacial score (nSPS) is 16.0. The zero-order chi connectivity index (χ0) is 21.8. The van der Waals surface area contributed by atoms with Crippen LogP contribution in [0.2, 0.25) is 0 Å². The number of ether oxygens (including phenoxy) is 1. The van der Waals surface area contributed by atoms with Crippen LogP contribution in [0.1, 0.15) is 13.3 Å². The van der Waals surface area contributed by atoms with Crippen LogP contribution in [0.5, 0.6) is 5.75 Å². The monoisotopic (exact) mass is 434 g/mol. The number of carbonyl (C=O) groups excluding carboxylic acids is 3. The average molecular weight is 435 g/mol. The molecule has 0 spiro atoms. The molecule has 6 nitrogen and oxygen atoms in total. The maximum Gasteiger partial charge on any atom is 0.247 e. The minimum Gasteiger partial charge on any atom is -0.494 e. The predicted molar refractivity (Wildman–Crippen MR) is 124 cm³/mol. The van der Waals surface area contributed by atoms with Crippen molar-refractivity contribution >= 4 is 51.6 Å². The molecule has 7 heteroatoms. The molecule has 158 valence electrons. The first kappa shape index (κ1) is 20.9. The van der Waals surface area contributed by atoms with E-state index in [4.69, 9.17) is 4.74 Å². The molecule has 1 fully saturated rings. The molecule has 3 aromatic carbocycles. The number of amides is 3. The van der Waals surface area contributed by atoms with E-state index in [1.807, 2.05) is 49.4 Å². The van der Waals surface area contributed by atoms with E-state index in [9.17, 15) is 14.4 Å². The summed E-state index contributed by atoms with van der Waals surface area (Å²) in [6.45, 7) is 2.37. The number of nitrogens with one attached hydrogen (secondary N) is 1. The fourth-order valence-corrected chi connectivity index (χ4v) is 4.46. The first-order valence-electron chi connectivity index (χ1n) is 10.0. The number of benzene rings is 3. The number of hydrogen-bond acceptors (Lipinski definition) is 5. The number of nitrogens with zero attached hydrogens (tertiary/aromatic N) is 1. The third-order valence-electron chi connectivity index (χ3n) is 4.94. The van der Waals surface area contributed by atoms with Crippen LogP contribution < -0.4 is 15.0 Å². The van der Waals surface area contributed by atoms with Gasteiger partial charge in [0.1, 0.15) is 5.75 Å². The Morgan fingerprint density at radius 2 is 1.87 bits per heavy atom. The highest BCUT2D eigenvalue weighted by molar-refractivity contribution is 8.01. The summed E-state index contributed by atoms with van der Waals surface area (Å²) < 4.78 is 5.46. The average Bonchev–Trinajstić information content (AvgIpc) is 3.05. The van der Waals surface area contributed by atoms with Gasteiger partial charge < -0.3 is 10.1 Å². The standard InChI is InChI=1S/C24H22N2O4S/c1-2-30-20-9-5-8-19(13-20)26-23(28)14-21(24(26)29)31-15-22(27)25-18-11-10-16-6-3-4-7-17(16)12-18/h3-13,21H,2,14-15H2,1H3,(H,25,27)/t21-/m1/s1. The van der Waals surface area contributed by atoms with Gasteiger partial charge in [-0.25, -0.2) is 4.90 Å². The number of imide groups is 1. The molecule has 0 aromatic heterocycles. The van der Waals surface area contributed by atoms with Crippen molar-refractivity contribution in [2.45, 2.75) is 18.6 Å². The summed E-state index contributed by atoms with van der Waals surface area (Å²) in [6.07, 6.45) is 0.0750. The Kier molecular flexibility index (Phi) is 6.23. The molecule has 0 bridgehead atoms. The summed E-state index contributed by atoms with van der Waals surface area (Å²) in [5.74, 6) is -0.0967. The van der Waals surface area contributed by atoms with Crippen LogP contribution in [0.25, 0.3) is 10.8 Å². The second-order valence-electron chi connectivity index (χ2n) is 7.11. The number of carbonyl (C=O) groups is 3. The minimum absolute atomic E-state index is 0.0750. The molecule has 0 saturated carbocycles. The highest BCUT2D eigenvalue weighted by atomic mass is 32.2. The van der Waals surface area contributed by atoms with Crippen LogP contribution in [0.4, 0.5) is 11.4 Å². The molecule has 1 N–H and O–H groups in total. The third-order valence-corrected chi connectivity index (χ3v) is 6.14. The summed E-state index contributed by atoms with van der Waals surface area (Å²) in [4.78, 5) is 38.9. The van der Waals surface area contributed by atoms with E-state index in [1.165, 1.54) is 16.7 Å². The highest BCUT2D eigenvalue weighted by Gasteiger charge is 2.40. The maximum atomic E-state index is 12.8. The Morgan fingerprint density at radius 3 is 2.68 bits per heavy atom. The van der Waals surface area contributed by atoms with Crippen molar-refractivity contribution in [3.05, 3.63) is 66.7 Å². The lowest BCUT2D eigenvalue weighted by atomic mass is 10.1. The highest BCUT2D eigenvalue weighted by Crippen LogP contribution is 2.31. The van der Waals surface area contributed by atoms with Crippen molar-refractivity contribution in [1.29, 1.82) is 0 Å². The van der Waals surface area contributed by atoms with Crippen LogP contribution in [-0.4, -0.2) is 35.3 Å². The Labute approximate surface area is 184 Å². The van der Waals surface area contributed by atoms with Gasteiger partial charge in [0, 0.05) is 18.2 Å². The largest absolute Gasteiger partial charge is 0.494 e. The number of hydrogen-bond donors (Lipinski definition) is 1. The van der Waals surface area contributed by atoms with E-state index >= 15 is 0 Å². The van der Waals surface area contributed by atoms with E-state index < -0.39 is 5.25 Å². The lowest BCUT2D eigenvalue weighted by Crippen LogP contribution is -2.31. The minimum atomic E-state index is -0.578. The van der Waals surface area contributed by atoms with Crippen molar-refractivity contribution in [1.82, 2.24) is 0 Å². The van der Waals surface area contributed by atoms with Gasteiger partial charge in [0.15, 0.2) is 0 Å². The molecule has 0 radical (unpaired) electrons. The van der Waals surface area contributed by atoms with Gasteiger partial charge in [-0.1, -0.05) is 36.4 Å². The zero-order valence-corrected chi connectivity index (χ0v) is 17.9. The molecule has 1 aliphatic rings.